The van der Waals surface area contributed by atoms with E-state index < -0.39 is 11.8 Å². The molecule has 4 aliphatic rings. The number of nitrogens with one attached hydrogen (secondary N) is 2. The Kier molecular flexibility index (Phi) is 9.01. The third kappa shape index (κ3) is 6.54. The predicted molar refractivity (Wildman–Crippen MR) is 196 cm³/mol. The number of carbonyl (C=O) groups is 5. The molecule has 266 valence electrons. The number of ether oxygens (including phenoxy) is 1. The van der Waals surface area contributed by atoms with Crippen LogP contribution in [0.15, 0.2) is 48.5 Å². The first-order valence-electron chi connectivity index (χ1n) is 17.8. The second-order valence-corrected chi connectivity index (χ2v) is 14.9. The number of thiophene rings is 1. The summed E-state index contributed by atoms with van der Waals surface area (Å²) in [6.45, 7) is 5.36. The zero-order chi connectivity index (χ0) is 35.9. The summed E-state index contributed by atoms with van der Waals surface area (Å²) in [5.41, 5.74) is 3.30. The van der Waals surface area contributed by atoms with Crippen LogP contribution in [0.4, 0.5) is 5.69 Å². The second kappa shape index (κ2) is 13.9. The highest BCUT2D eigenvalue weighted by atomic mass is 32.1. The van der Waals surface area contributed by atoms with Crippen molar-refractivity contribution in [3.8, 4) is 17.6 Å². The Balaban J connectivity index is 0.840. The molecule has 1 unspecified atom stereocenters. The van der Waals surface area contributed by atoms with E-state index in [2.05, 4.69) is 27.4 Å². The van der Waals surface area contributed by atoms with Crippen molar-refractivity contribution in [1.29, 1.82) is 0 Å². The van der Waals surface area contributed by atoms with Crippen molar-refractivity contribution < 1.29 is 28.7 Å². The van der Waals surface area contributed by atoms with Crippen molar-refractivity contribution in [2.24, 2.45) is 5.92 Å². The molecule has 5 amide bonds. The Bertz CT molecular complexity index is 2170. The van der Waals surface area contributed by atoms with Gasteiger partial charge in [-0.25, -0.2) is 4.98 Å². The van der Waals surface area contributed by atoms with E-state index in [1.54, 1.807) is 9.80 Å². The largest absolute Gasteiger partial charge is 0.489 e. The van der Waals surface area contributed by atoms with Gasteiger partial charge in [-0.1, -0.05) is 18.1 Å². The van der Waals surface area contributed by atoms with Crippen LogP contribution in [-0.2, 0) is 19.2 Å². The van der Waals surface area contributed by atoms with Crippen molar-refractivity contribution in [3.05, 3.63) is 64.7 Å². The van der Waals surface area contributed by atoms with Gasteiger partial charge in [0.25, 0.3) is 5.91 Å². The van der Waals surface area contributed by atoms with E-state index >= 15 is 0 Å². The first-order valence-corrected chi connectivity index (χ1v) is 18.6. The summed E-state index contributed by atoms with van der Waals surface area (Å²) in [4.78, 5) is 73.7. The molecule has 13 heteroatoms. The van der Waals surface area contributed by atoms with Gasteiger partial charge in [-0.3, -0.25) is 29.3 Å². The average Bonchev–Trinajstić information content (AvgIpc) is 3.49. The molecule has 4 aliphatic heterocycles. The summed E-state index contributed by atoms with van der Waals surface area (Å²) in [5.74, 6) is 5.43. The van der Waals surface area contributed by atoms with Crippen LogP contribution in [-0.4, -0.2) is 96.2 Å². The predicted octanol–water partition coefficient (Wildman–Crippen LogP) is 3.42. The van der Waals surface area contributed by atoms with Gasteiger partial charge in [-0.15, -0.1) is 11.3 Å². The standard InChI is InChI=1S/C39H38N6O6S/c1-23-22-51-34-33-29-9-6-26(41-30(29)11-12-31(33)52-35(34)37(48)40-23)5-2-24-14-16-44(17-15-24)38(49)39(50)45-20-18-43(19-21-45)27-7-3-25(4-8-27)28-10-13-32(46)42-36(28)47/h3-4,6-9,11-12,23-24,28H,10,13-22H2,1H3,(H,40,48)(H,42,46,47)/t23-,28?/m1/s1. The van der Waals surface area contributed by atoms with Gasteiger partial charge in [0.1, 0.15) is 17.2 Å². The molecular weight excluding hydrogens is 681 g/mol. The molecule has 12 nitrogen and oxygen atoms in total. The molecule has 3 fully saturated rings. The number of hydrogen-bond acceptors (Lipinski definition) is 9. The molecular formula is C39H38N6O6S. The van der Waals surface area contributed by atoms with E-state index in [-0.39, 0.29) is 35.6 Å². The molecule has 2 aromatic carbocycles. The lowest BCUT2D eigenvalue weighted by Crippen LogP contribution is -2.54. The zero-order valence-electron chi connectivity index (χ0n) is 28.8. The van der Waals surface area contributed by atoms with Crippen LogP contribution in [0.2, 0.25) is 0 Å². The lowest BCUT2D eigenvalue weighted by Gasteiger charge is -2.37. The van der Waals surface area contributed by atoms with Crippen molar-refractivity contribution in [1.82, 2.24) is 25.4 Å². The van der Waals surface area contributed by atoms with Gasteiger partial charge in [-0.2, -0.15) is 0 Å². The minimum absolute atomic E-state index is 0.0723. The fourth-order valence-electron chi connectivity index (χ4n) is 7.44. The Morgan fingerprint density at radius 3 is 2.35 bits per heavy atom. The number of rotatable bonds is 2. The number of anilines is 1. The molecule has 2 aromatic heterocycles. The van der Waals surface area contributed by atoms with Gasteiger partial charge in [-0.05, 0) is 74.1 Å². The molecule has 0 spiro atoms. The van der Waals surface area contributed by atoms with Crippen LogP contribution in [0.25, 0.3) is 21.0 Å². The molecule has 0 aliphatic carbocycles. The lowest BCUT2D eigenvalue weighted by molar-refractivity contribution is -0.152. The van der Waals surface area contributed by atoms with Crippen molar-refractivity contribution >= 4 is 67.5 Å². The van der Waals surface area contributed by atoms with Crippen LogP contribution in [0.1, 0.15) is 59.5 Å². The lowest BCUT2D eigenvalue weighted by atomic mass is 9.90. The third-order valence-corrected chi connectivity index (χ3v) is 11.5. The fourth-order valence-corrected chi connectivity index (χ4v) is 8.51. The maximum absolute atomic E-state index is 13.2. The topological polar surface area (TPSA) is 141 Å². The number of hydrogen-bond donors (Lipinski definition) is 2. The van der Waals surface area contributed by atoms with Crippen LogP contribution < -0.4 is 20.3 Å². The summed E-state index contributed by atoms with van der Waals surface area (Å²) in [7, 11) is 0. The molecule has 4 aromatic rings. The molecule has 8 rings (SSSR count). The van der Waals surface area contributed by atoms with Crippen LogP contribution in [0, 0.1) is 17.8 Å². The van der Waals surface area contributed by atoms with Gasteiger partial charge in [0, 0.05) is 72.8 Å². The van der Waals surface area contributed by atoms with E-state index in [9.17, 15) is 24.0 Å². The molecule has 0 radical (unpaired) electrons. The van der Waals surface area contributed by atoms with Gasteiger partial charge in [0.2, 0.25) is 11.8 Å². The number of fused-ring (bicyclic) bond motifs is 5. The zero-order valence-corrected chi connectivity index (χ0v) is 29.6. The maximum Gasteiger partial charge on any atom is 0.312 e. The van der Waals surface area contributed by atoms with Crippen LogP contribution >= 0.6 is 11.3 Å². The highest BCUT2D eigenvalue weighted by Crippen LogP contribution is 2.42. The number of aromatic nitrogens is 1. The Morgan fingerprint density at radius 1 is 0.885 bits per heavy atom. The normalized spacial score (nSPS) is 21.1. The number of pyridine rings is 1. The van der Waals surface area contributed by atoms with Gasteiger partial charge < -0.3 is 24.8 Å². The smallest absolute Gasteiger partial charge is 0.312 e. The molecule has 6 heterocycles. The van der Waals surface area contributed by atoms with Crippen molar-refractivity contribution in [2.45, 2.75) is 44.6 Å². The minimum atomic E-state index is -0.463. The fraction of sp³-hybridized carbons (Fsp3) is 0.385. The van der Waals surface area contributed by atoms with Crippen molar-refractivity contribution in [3.63, 3.8) is 0 Å². The van der Waals surface area contributed by atoms with E-state index in [0.29, 0.717) is 87.9 Å². The van der Waals surface area contributed by atoms with Crippen LogP contribution in [0.3, 0.4) is 0 Å². The van der Waals surface area contributed by atoms with Gasteiger partial charge >= 0.3 is 11.8 Å². The van der Waals surface area contributed by atoms with E-state index in [1.807, 2.05) is 55.5 Å². The van der Waals surface area contributed by atoms with Crippen molar-refractivity contribution in [2.75, 3.05) is 50.8 Å². The first-order chi connectivity index (χ1) is 25.2. The number of piperazine rings is 1. The summed E-state index contributed by atoms with van der Waals surface area (Å²) < 4.78 is 7.04. The first kappa shape index (κ1) is 33.7. The van der Waals surface area contributed by atoms with E-state index in [1.165, 1.54) is 11.3 Å². The van der Waals surface area contributed by atoms with E-state index in [4.69, 9.17) is 9.72 Å². The summed E-state index contributed by atoms with van der Waals surface area (Å²) in [6.07, 6.45) is 2.21. The van der Waals surface area contributed by atoms with Gasteiger partial charge in [0.15, 0.2) is 5.75 Å². The number of carbonyl (C=O) groups excluding carboxylic acids is 5. The highest BCUT2D eigenvalue weighted by molar-refractivity contribution is 7.21. The molecule has 3 saturated heterocycles. The second-order valence-electron chi connectivity index (χ2n) is 13.9. The average molecular weight is 719 g/mol. The summed E-state index contributed by atoms with van der Waals surface area (Å²) in [5, 5.41) is 7.20. The molecule has 0 saturated carbocycles. The summed E-state index contributed by atoms with van der Waals surface area (Å²) >= 11 is 1.42. The van der Waals surface area contributed by atoms with E-state index in [0.717, 1.165) is 32.2 Å². The minimum Gasteiger partial charge on any atom is -0.489 e. The Morgan fingerprint density at radius 2 is 1.62 bits per heavy atom. The quantitative estimate of drug-likeness (QED) is 0.183. The molecule has 0 bridgehead atoms. The Labute approximate surface area is 304 Å². The highest BCUT2D eigenvalue weighted by Gasteiger charge is 2.33. The Hall–Kier alpha value is -5.48. The number of piperidine rings is 2. The molecule has 2 N–H and O–H groups in total. The SMILES string of the molecule is C[C@@H]1COc2c(sc3ccc4nc(C#CC5CCN(C(=O)C(=O)N6CCN(c7ccc(C8CCC(=O)NC8=O)cc7)CC6)CC5)ccc4c23)C(=O)N1. The number of benzene rings is 2. The number of imide groups is 1. The number of nitrogens with zero attached hydrogens (tertiary/aromatic N) is 4. The third-order valence-electron chi connectivity index (χ3n) is 10.4. The molecule has 2 atom stereocenters. The monoisotopic (exact) mass is 718 g/mol. The number of amides is 5. The summed E-state index contributed by atoms with van der Waals surface area (Å²) in [6, 6.07) is 15.5. The van der Waals surface area contributed by atoms with Crippen LogP contribution in [0.5, 0.6) is 5.75 Å². The number of likely N-dealkylation sites (tertiary alicyclic amines) is 1. The van der Waals surface area contributed by atoms with Gasteiger partial charge in [0.05, 0.1) is 17.5 Å². The maximum atomic E-state index is 13.2. The molecule has 52 heavy (non-hydrogen) atoms.